The van der Waals surface area contributed by atoms with Gasteiger partial charge in [0, 0.05) is 0 Å². The first-order valence-electron chi connectivity index (χ1n) is 5.60. The maximum absolute atomic E-state index is 9.16. The van der Waals surface area contributed by atoms with Crippen LogP contribution in [0.15, 0.2) is 24.3 Å². The highest BCUT2D eigenvalue weighted by Gasteiger charge is 2.12. The van der Waals surface area contributed by atoms with Gasteiger partial charge in [-0.15, -0.1) is 5.10 Å². The number of nitrogens with zero attached hydrogens (tertiary/aromatic N) is 3. The summed E-state index contributed by atoms with van der Waals surface area (Å²) in [5.74, 6) is 0.912. The molecule has 0 atom stereocenters. The van der Waals surface area contributed by atoms with Gasteiger partial charge in [-0.25, -0.2) is 0 Å². The van der Waals surface area contributed by atoms with Crippen molar-refractivity contribution in [1.29, 1.82) is 5.26 Å². The van der Waals surface area contributed by atoms with Crippen molar-refractivity contribution in [2.75, 3.05) is 0 Å². The van der Waals surface area contributed by atoms with Crippen LogP contribution >= 0.6 is 0 Å². The second-order valence-corrected chi connectivity index (χ2v) is 4.12. The van der Waals surface area contributed by atoms with Crippen LogP contribution in [0, 0.1) is 32.1 Å². The van der Waals surface area contributed by atoms with Gasteiger partial charge in [0.15, 0.2) is 0 Å². The van der Waals surface area contributed by atoms with Crippen molar-refractivity contribution in [2.24, 2.45) is 0 Å². The van der Waals surface area contributed by atoms with Crippen LogP contribution in [0.3, 0.4) is 0 Å². The first-order valence-corrected chi connectivity index (χ1v) is 5.60. The van der Waals surface area contributed by atoms with Crippen molar-refractivity contribution in [3.8, 4) is 17.7 Å². The summed E-state index contributed by atoms with van der Waals surface area (Å²) >= 11 is 0. The van der Waals surface area contributed by atoms with Crippen molar-refractivity contribution in [3.05, 3.63) is 46.6 Å². The Kier molecular flexibility index (Phi) is 3.24. The molecule has 0 N–H and O–H groups in total. The number of ether oxygens (including phenoxy) is 1. The predicted molar refractivity (Wildman–Crippen MR) is 67.5 cm³/mol. The highest BCUT2D eigenvalue weighted by atomic mass is 16.5. The van der Waals surface area contributed by atoms with Crippen molar-refractivity contribution in [3.63, 3.8) is 0 Å². The third-order valence-corrected chi connectivity index (χ3v) is 2.74. The zero-order valence-electron chi connectivity index (χ0n) is 10.6. The molecule has 4 nitrogen and oxygen atoms in total. The van der Waals surface area contributed by atoms with Gasteiger partial charge < -0.3 is 4.74 Å². The third-order valence-electron chi connectivity index (χ3n) is 2.74. The van der Waals surface area contributed by atoms with Gasteiger partial charge >= 0.3 is 0 Å². The fourth-order valence-corrected chi connectivity index (χ4v) is 1.58. The van der Waals surface area contributed by atoms with Gasteiger partial charge in [-0.05, 0) is 44.0 Å². The second-order valence-electron chi connectivity index (χ2n) is 4.12. The number of aromatic nitrogens is 2. The van der Waals surface area contributed by atoms with Crippen molar-refractivity contribution >= 4 is 0 Å². The molecule has 4 heteroatoms. The Morgan fingerprint density at radius 1 is 1.17 bits per heavy atom. The SMILES string of the molecule is Cc1cccc(Oc2nnc(C)c(C)c2C#N)c1. The number of aryl methyl sites for hydroxylation is 2. The Morgan fingerprint density at radius 2 is 1.94 bits per heavy atom. The molecule has 2 rings (SSSR count). The molecule has 1 heterocycles. The molecule has 18 heavy (non-hydrogen) atoms. The Balaban J connectivity index is 2.42. The summed E-state index contributed by atoms with van der Waals surface area (Å²) in [5, 5.41) is 17.1. The van der Waals surface area contributed by atoms with Crippen LogP contribution < -0.4 is 4.74 Å². The maximum atomic E-state index is 9.16. The van der Waals surface area contributed by atoms with Gasteiger partial charge in [0.2, 0.25) is 0 Å². The Hall–Kier alpha value is -2.41. The van der Waals surface area contributed by atoms with Crippen LogP contribution in [0.4, 0.5) is 0 Å². The number of rotatable bonds is 2. The highest BCUT2D eigenvalue weighted by Crippen LogP contribution is 2.25. The molecule has 2 aromatic rings. The van der Waals surface area contributed by atoms with E-state index in [0.717, 1.165) is 16.8 Å². The Bertz CT molecular complexity index is 629. The number of benzene rings is 1. The lowest BCUT2D eigenvalue weighted by Crippen LogP contribution is -2.00. The van der Waals surface area contributed by atoms with E-state index in [0.29, 0.717) is 11.3 Å². The van der Waals surface area contributed by atoms with Gasteiger partial charge in [0.1, 0.15) is 17.4 Å². The highest BCUT2D eigenvalue weighted by molar-refractivity contribution is 5.46. The van der Waals surface area contributed by atoms with E-state index >= 15 is 0 Å². The third kappa shape index (κ3) is 2.30. The van der Waals surface area contributed by atoms with Crippen LogP contribution in [-0.4, -0.2) is 10.2 Å². The molecule has 0 saturated heterocycles. The second kappa shape index (κ2) is 4.84. The zero-order valence-corrected chi connectivity index (χ0v) is 10.6. The average molecular weight is 239 g/mol. The molecular formula is C14H13N3O. The first kappa shape index (κ1) is 12.1. The molecule has 0 aliphatic rings. The van der Waals surface area contributed by atoms with E-state index < -0.39 is 0 Å². The maximum Gasteiger partial charge on any atom is 0.257 e. The summed E-state index contributed by atoms with van der Waals surface area (Å²) in [6.07, 6.45) is 0. The van der Waals surface area contributed by atoms with Crippen LogP contribution in [0.5, 0.6) is 11.6 Å². The fourth-order valence-electron chi connectivity index (χ4n) is 1.58. The molecule has 0 radical (unpaired) electrons. The number of hydrogen-bond acceptors (Lipinski definition) is 4. The van der Waals surface area contributed by atoms with E-state index in [2.05, 4.69) is 16.3 Å². The average Bonchev–Trinajstić information content (AvgIpc) is 2.34. The molecule has 0 aliphatic heterocycles. The minimum atomic E-state index is 0.256. The minimum Gasteiger partial charge on any atom is -0.437 e. The zero-order chi connectivity index (χ0) is 13.1. The molecule has 1 aromatic carbocycles. The molecule has 0 unspecified atom stereocenters. The molecule has 90 valence electrons. The molecular weight excluding hydrogens is 226 g/mol. The molecule has 0 bridgehead atoms. The predicted octanol–water partition coefficient (Wildman–Crippen LogP) is 3.07. The Labute approximate surface area is 106 Å². The van der Waals surface area contributed by atoms with E-state index in [9.17, 15) is 0 Å². The lowest BCUT2D eigenvalue weighted by Gasteiger charge is -2.08. The molecule has 1 aromatic heterocycles. The van der Waals surface area contributed by atoms with Gasteiger partial charge in [0.05, 0.1) is 5.69 Å². The first-order chi connectivity index (χ1) is 8.61. The van der Waals surface area contributed by atoms with E-state index in [1.807, 2.05) is 45.0 Å². The van der Waals surface area contributed by atoms with Gasteiger partial charge in [-0.1, -0.05) is 12.1 Å². The van der Waals surface area contributed by atoms with E-state index in [1.165, 1.54) is 0 Å². The lowest BCUT2D eigenvalue weighted by molar-refractivity contribution is 0.451. The summed E-state index contributed by atoms with van der Waals surface area (Å²) in [4.78, 5) is 0. The summed E-state index contributed by atoms with van der Waals surface area (Å²) < 4.78 is 5.62. The summed E-state index contributed by atoms with van der Waals surface area (Å²) in [6, 6.07) is 9.69. The number of hydrogen-bond donors (Lipinski definition) is 0. The smallest absolute Gasteiger partial charge is 0.257 e. The Morgan fingerprint density at radius 3 is 2.61 bits per heavy atom. The lowest BCUT2D eigenvalue weighted by atomic mass is 10.1. The standard InChI is InChI=1S/C14H13N3O/c1-9-5-4-6-12(7-9)18-14-13(8-15)10(2)11(3)16-17-14/h4-7H,1-3H3. The van der Waals surface area contributed by atoms with Gasteiger partial charge in [-0.2, -0.15) is 10.4 Å². The van der Waals surface area contributed by atoms with Gasteiger partial charge in [-0.3, -0.25) is 0 Å². The van der Waals surface area contributed by atoms with Crippen LogP contribution in [0.25, 0.3) is 0 Å². The molecule has 0 aliphatic carbocycles. The number of nitriles is 1. The summed E-state index contributed by atoms with van der Waals surface area (Å²) in [7, 11) is 0. The summed E-state index contributed by atoms with van der Waals surface area (Å²) in [6.45, 7) is 5.63. The van der Waals surface area contributed by atoms with Crippen LogP contribution in [0.2, 0.25) is 0 Å². The van der Waals surface area contributed by atoms with E-state index in [-0.39, 0.29) is 5.88 Å². The van der Waals surface area contributed by atoms with Gasteiger partial charge in [0.25, 0.3) is 5.88 Å². The van der Waals surface area contributed by atoms with Crippen molar-refractivity contribution < 1.29 is 4.74 Å². The minimum absolute atomic E-state index is 0.256. The topological polar surface area (TPSA) is 58.8 Å². The fraction of sp³-hybridized carbons (Fsp3) is 0.214. The normalized spacial score (nSPS) is 9.89. The summed E-state index contributed by atoms with van der Waals surface area (Å²) in [5.41, 5.74) is 3.06. The molecule has 0 saturated carbocycles. The van der Waals surface area contributed by atoms with Crippen molar-refractivity contribution in [1.82, 2.24) is 10.2 Å². The molecule has 0 fully saturated rings. The monoisotopic (exact) mass is 239 g/mol. The van der Waals surface area contributed by atoms with E-state index in [4.69, 9.17) is 10.00 Å². The van der Waals surface area contributed by atoms with Crippen LogP contribution in [-0.2, 0) is 0 Å². The van der Waals surface area contributed by atoms with Crippen molar-refractivity contribution in [2.45, 2.75) is 20.8 Å². The van der Waals surface area contributed by atoms with Crippen LogP contribution in [0.1, 0.15) is 22.4 Å². The molecule has 0 spiro atoms. The molecule has 0 amide bonds. The van der Waals surface area contributed by atoms with E-state index in [1.54, 1.807) is 0 Å². The quantitative estimate of drug-likeness (QED) is 0.808. The largest absolute Gasteiger partial charge is 0.437 e.